The van der Waals surface area contributed by atoms with Crippen LogP contribution in [-0.4, -0.2) is 27.9 Å². The van der Waals surface area contributed by atoms with Crippen LogP contribution in [0.25, 0.3) is 0 Å². The van der Waals surface area contributed by atoms with Crippen molar-refractivity contribution in [3.8, 4) is 0 Å². The molecule has 0 fully saturated rings. The number of benzene rings is 1. The van der Waals surface area contributed by atoms with Crippen molar-refractivity contribution in [3.63, 3.8) is 0 Å². The Labute approximate surface area is 136 Å². The minimum atomic E-state index is -4.67. The number of aliphatic carboxylic acids is 1. The lowest BCUT2D eigenvalue weighted by molar-refractivity contribution is -0.139. The molecule has 1 rings (SSSR count). The van der Waals surface area contributed by atoms with E-state index in [0.717, 1.165) is 6.07 Å². The van der Waals surface area contributed by atoms with Gasteiger partial charge in [0.1, 0.15) is 5.60 Å². The van der Waals surface area contributed by atoms with Gasteiger partial charge >= 0.3 is 18.2 Å². The summed E-state index contributed by atoms with van der Waals surface area (Å²) in [5, 5.41) is 20.7. The number of carboxylic acids is 1. The molecular formula is C15H18F3NO5. The first kappa shape index (κ1) is 19.8. The Morgan fingerprint density at radius 2 is 1.83 bits per heavy atom. The van der Waals surface area contributed by atoms with Crippen molar-refractivity contribution in [3.05, 3.63) is 29.3 Å². The van der Waals surface area contributed by atoms with Gasteiger partial charge in [-0.3, -0.25) is 10.1 Å². The fraction of sp³-hybridized carbons (Fsp3) is 0.467. The predicted molar refractivity (Wildman–Crippen MR) is 78.5 cm³/mol. The van der Waals surface area contributed by atoms with E-state index in [0.29, 0.717) is 12.1 Å². The zero-order valence-electron chi connectivity index (χ0n) is 13.3. The Morgan fingerprint density at radius 3 is 2.29 bits per heavy atom. The van der Waals surface area contributed by atoms with E-state index >= 15 is 0 Å². The van der Waals surface area contributed by atoms with Crippen LogP contribution < -0.4 is 5.32 Å². The van der Waals surface area contributed by atoms with E-state index in [1.165, 1.54) is 0 Å². The van der Waals surface area contributed by atoms with Crippen LogP contribution in [0.1, 0.15) is 44.4 Å². The van der Waals surface area contributed by atoms with Gasteiger partial charge in [-0.2, -0.15) is 13.2 Å². The Bertz CT molecular complexity index is 623. The molecule has 0 heterocycles. The fourth-order valence-electron chi connectivity index (χ4n) is 1.82. The number of aliphatic hydroxyl groups is 1. The second-order valence-corrected chi connectivity index (χ2v) is 6.04. The summed E-state index contributed by atoms with van der Waals surface area (Å²) < 4.78 is 43.4. The van der Waals surface area contributed by atoms with Crippen molar-refractivity contribution >= 4 is 17.7 Å². The molecule has 0 unspecified atom stereocenters. The van der Waals surface area contributed by atoms with Crippen LogP contribution in [0.5, 0.6) is 0 Å². The quantitative estimate of drug-likeness (QED) is 0.772. The van der Waals surface area contributed by atoms with Gasteiger partial charge in [-0.05, 0) is 32.9 Å². The van der Waals surface area contributed by atoms with Crippen molar-refractivity contribution in [2.24, 2.45) is 0 Å². The third-order valence-corrected chi connectivity index (χ3v) is 2.74. The number of rotatable bonds is 4. The number of aliphatic hydroxyl groups excluding tert-OH is 1. The summed E-state index contributed by atoms with van der Waals surface area (Å²) in [4.78, 5) is 22.5. The maximum absolute atomic E-state index is 12.8. The van der Waals surface area contributed by atoms with Gasteiger partial charge in [-0.15, -0.1) is 0 Å². The van der Waals surface area contributed by atoms with E-state index in [9.17, 15) is 27.9 Å². The van der Waals surface area contributed by atoms with Gasteiger partial charge in [0.05, 0.1) is 23.8 Å². The number of carboxylic acid groups (broad SMARTS) is 1. The molecule has 0 bridgehead atoms. The summed E-state index contributed by atoms with van der Waals surface area (Å²) in [5.74, 6) is -1.34. The standard InChI is InChI=1S/C15H18F3NO5/c1-14(2,3)24-13(23)19-10-6-8(15(16,17)18)4-5-9(10)11(20)7-12(21)22/h4-6,11,20H,7H2,1-3H3,(H,19,23)(H,21,22)/t11-/m0/s1. The number of alkyl halides is 3. The second-order valence-electron chi connectivity index (χ2n) is 6.04. The minimum absolute atomic E-state index is 0.156. The number of hydrogen-bond donors (Lipinski definition) is 3. The number of hydrogen-bond acceptors (Lipinski definition) is 4. The molecule has 0 aliphatic heterocycles. The smallest absolute Gasteiger partial charge is 0.416 e. The summed E-state index contributed by atoms with van der Waals surface area (Å²) in [5.41, 5.74) is -2.46. The monoisotopic (exact) mass is 349 g/mol. The highest BCUT2D eigenvalue weighted by atomic mass is 19.4. The predicted octanol–water partition coefficient (Wildman–Crippen LogP) is 3.56. The van der Waals surface area contributed by atoms with Crippen LogP contribution in [-0.2, 0) is 15.7 Å². The Kier molecular flexibility index (Phi) is 5.83. The molecule has 1 amide bonds. The molecule has 1 atom stereocenters. The zero-order valence-corrected chi connectivity index (χ0v) is 13.3. The largest absolute Gasteiger partial charge is 0.481 e. The van der Waals surface area contributed by atoms with E-state index in [1.54, 1.807) is 20.8 Å². The molecule has 3 N–H and O–H groups in total. The molecular weight excluding hydrogens is 331 g/mol. The number of carbonyl (C=O) groups excluding carboxylic acids is 1. The van der Waals surface area contributed by atoms with Crippen LogP contribution in [0, 0.1) is 0 Å². The van der Waals surface area contributed by atoms with E-state index < -0.39 is 41.9 Å². The SMILES string of the molecule is CC(C)(C)OC(=O)Nc1cc(C(F)(F)F)ccc1[C@@H](O)CC(=O)O. The van der Waals surface area contributed by atoms with E-state index in [2.05, 4.69) is 5.32 Å². The lowest BCUT2D eigenvalue weighted by Gasteiger charge is -2.22. The van der Waals surface area contributed by atoms with Gasteiger partial charge in [0.25, 0.3) is 0 Å². The first-order chi connectivity index (χ1) is 10.8. The first-order valence-corrected chi connectivity index (χ1v) is 6.90. The average molecular weight is 349 g/mol. The topological polar surface area (TPSA) is 95.9 Å². The van der Waals surface area contributed by atoms with Gasteiger partial charge in [-0.25, -0.2) is 4.79 Å². The molecule has 9 heteroatoms. The van der Waals surface area contributed by atoms with Crippen LogP contribution in [0.4, 0.5) is 23.7 Å². The molecule has 0 aliphatic carbocycles. The summed E-state index contributed by atoms with van der Waals surface area (Å²) in [6.07, 6.45) is -8.00. The highest BCUT2D eigenvalue weighted by Crippen LogP contribution is 2.34. The fourth-order valence-corrected chi connectivity index (χ4v) is 1.82. The molecule has 1 aromatic carbocycles. The Balaban J connectivity index is 3.19. The van der Waals surface area contributed by atoms with Crippen molar-refractivity contribution in [1.82, 2.24) is 0 Å². The molecule has 0 radical (unpaired) electrons. The molecule has 24 heavy (non-hydrogen) atoms. The number of carbonyl (C=O) groups is 2. The Morgan fingerprint density at radius 1 is 1.25 bits per heavy atom. The third-order valence-electron chi connectivity index (χ3n) is 2.74. The van der Waals surface area contributed by atoms with Crippen molar-refractivity contribution in [2.75, 3.05) is 5.32 Å². The molecule has 0 aliphatic rings. The number of halogens is 3. The number of ether oxygens (including phenoxy) is 1. The third kappa shape index (κ3) is 6.07. The van der Waals surface area contributed by atoms with Gasteiger partial charge in [0.2, 0.25) is 0 Å². The van der Waals surface area contributed by atoms with Gasteiger partial charge in [-0.1, -0.05) is 6.07 Å². The molecule has 0 saturated heterocycles. The number of anilines is 1. The van der Waals surface area contributed by atoms with E-state index in [-0.39, 0.29) is 11.3 Å². The molecule has 0 saturated carbocycles. The molecule has 0 aromatic heterocycles. The summed E-state index contributed by atoms with van der Waals surface area (Å²) in [6, 6.07) is 2.23. The number of amides is 1. The van der Waals surface area contributed by atoms with Gasteiger partial charge in [0.15, 0.2) is 0 Å². The molecule has 6 nitrogen and oxygen atoms in total. The van der Waals surface area contributed by atoms with Crippen LogP contribution >= 0.6 is 0 Å². The van der Waals surface area contributed by atoms with Gasteiger partial charge in [0, 0.05) is 5.56 Å². The lowest BCUT2D eigenvalue weighted by atomic mass is 10.0. The van der Waals surface area contributed by atoms with Crippen molar-refractivity contribution in [1.29, 1.82) is 0 Å². The van der Waals surface area contributed by atoms with Crippen LogP contribution in [0.3, 0.4) is 0 Å². The zero-order chi connectivity index (χ0) is 18.7. The summed E-state index contributed by atoms with van der Waals surface area (Å²) >= 11 is 0. The first-order valence-electron chi connectivity index (χ1n) is 6.90. The highest BCUT2D eigenvalue weighted by molar-refractivity contribution is 5.86. The lowest BCUT2D eigenvalue weighted by Crippen LogP contribution is -2.28. The second kappa shape index (κ2) is 7.08. The summed E-state index contributed by atoms with van der Waals surface area (Å²) in [7, 11) is 0. The molecule has 134 valence electrons. The van der Waals surface area contributed by atoms with Crippen LogP contribution in [0.2, 0.25) is 0 Å². The van der Waals surface area contributed by atoms with Crippen molar-refractivity contribution in [2.45, 2.75) is 45.1 Å². The van der Waals surface area contributed by atoms with E-state index in [1.807, 2.05) is 0 Å². The number of nitrogens with one attached hydrogen (secondary N) is 1. The van der Waals surface area contributed by atoms with Crippen molar-refractivity contribution < 1.29 is 37.7 Å². The van der Waals surface area contributed by atoms with E-state index in [4.69, 9.17) is 9.84 Å². The minimum Gasteiger partial charge on any atom is -0.481 e. The average Bonchev–Trinajstić information content (AvgIpc) is 2.33. The molecule has 0 spiro atoms. The normalized spacial score (nSPS) is 13.3. The maximum Gasteiger partial charge on any atom is 0.416 e. The summed E-state index contributed by atoms with van der Waals surface area (Å²) in [6.45, 7) is 4.71. The van der Waals surface area contributed by atoms with Gasteiger partial charge < -0.3 is 14.9 Å². The Hall–Kier alpha value is -2.29. The molecule has 1 aromatic rings. The highest BCUT2D eigenvalue weighted by Gasteiger charge is 2.32. The van der Waals surface area contributed by atoms with Crippen LogP contribution in [0.15, 0.2) is 18.2 Å². The maximum atomic E-state index is 12.8.